The van der Waals surface area contributed by atoms with Crippen molar-refractivity contribution < 1.29 is 9.15 Å². The molecule has 74 valence electrons. The van der Waals surface area contributed by atoms with Crippen molar-refractivity contribution in [1.29, 1.82) is 0 Å². The average Bonchev–Trinajstić information content (AvgIpc) is 2.50. The molecule has 1 N–H and O–H groups in total. The molecule has 0 atom stereocenters. The van der Waals surface area contributed by atoms with Crippen LogP contribution in [0.1, 0.15) is 25.2 Å². The lowest BCUT2D eigenvalue weighted by Gasteiger charge is -2.03. The molecule has 1 rings (SSSR count). The molecule has 0 amide bonds. The SMILES string of the molecule is CNCc1coc(COC(C)C)c1. The van der Waals surface area contributed by atoms with Gasteiger partial charge in [0.1, 0.15) is 12.4 Å². The van der Waals surface area contributed by atoms with E-state index in [4.69, 9.17) is 9.15 Å². The third-order valence-electron chi connectivity index (χ3n) is 1.65. The topological polar surface area (TPSA) is 34.4 Å². The predicted octanol–water partition coefficient (Wildman–Crippen LogP) is 1.92. The first-order valence-electron chi connectivity index (χ1n) is 4.55. The van der Waals surface area contributed by atoms with Crippen molar-refractivity contribution in [1.82, 2.24) is 5.32 Å². The lowest BCUT2D eigenvalue weighted by atomic mass is 10.3. The van der Waals surface area contributed by atoms with Crippen LogP contribution in [0.5, 0.6) is 0 Å². The quantitative estimate of drug-likeness (QED) is 0.757. The Morgan fingerprint density at radius 3 is 2.92 bits per heavy atom. The summed E-state index contributed by atoms with van der Waals surface area (Å²) in [5.74, 6) is 0.888. The molecule has 0 spiro atoms. The van der Waals surface area contributed by atoms with E-state index in [0.717, 1.165) is 17.9 Å². The molecule has 0 fully saturated rings. The molecule has 0 saturated heterocycles. The van der Waals surface area contributed by atoms with E-state index in [-0.39, 0.29) is 6.10 Å². The van der Waals surface area contributed by atoms with Gasteiger partial charge in [-0.15, -0.1) is 0 Å². The van der Waals surface area contributed by atoms with Crippen molar-refractivity contribution in [3.63, 3.8) is 0 Å². The van der Waals surface area contributed by atoms with Crippen molar-refractivity contribution in [2.45, 2.75) is 33.1 Å². The fraction of sp³-hybridized carbons (Fsp3) is 0.600. The van der Waals surface area contributed by atoms with Crippen molar-refractivity contribution >= 4 is 0 Å². The Labute approximate surface area is 79.1 Å². The van der Waals surface area contributed by atoms with Crippen LogP contribution in [-0.2, 0) is 17.9 Å². The van der Waals surface area contributed by atoms with Gasteiger partial charge in [-0.25, -0.2) is 0 Å². The third kappa shape index (κ3) is 3.61. The molecule has 3 nitrogen and oxygen atoms in total. The van der Waals surface area contributed by atoms with Crippen LogP contribution in [0.4, 0.5) is 0 Å². The van der Waals surface area contributed by atoms with Gasteiger partial charge in [0.05, 0.1) is 12.4 Å². The summed E-state index contributed by atoms with van der Waals surface area (Å²) >= 11 is 0. The van der Waals surface area contributed by atoms with Crippen LogP contribution in [0.25, 0.3) is 0 Å². The van der Waals surface area contributed by atoms with E-state index in [1.165, 1.54) is 0 Å². The highest BCUT2D eigenvalue weighted by Crippen LogP contribution is 2.09. The minimum absolute atomic E-state index is 0.248. The normalized spacial score (nSPS) is 11.1. The molecule has 0 radical (unpaired) electrons. The molecule has 0 aromatic carbocycles. The minimum Gasteiger partial charge on any atom is -0.467 e. The number of nitrogens with one attached hydrogen (secondary N) is 1. The van der Waals surface area contributed by atoms with Crippen LogP contribution >= 0.6 is 0 Å². The van der Waals surface area contributed by atoms with Gasteiger partial charge < -0.3 is 14.5 Å². The third-order valence-corrected chi connectivity index (χ3v) is 1.65. The first kappa shape index (κ1) is 10.3. The Hall–Kier alpha value is -0.800. The summed E-state index contributed by atoms with van der Waals surface area (Å²) in [5, 5.41) is 3.06. The van der Waals surface area contributed by atoms with E-state index in [2.05, 4.69) is 5.32 Å². The largest absolute Gasteiger partial charge is 0.467 e. The summed E-state index contributed by atoms with van der Waals surface area (Å²) < 4.78 is 10.7. The number of hydrogen-bond acceptors (Lipinski definition) is 3. The molecule has 0 aliphatic heterocycles. The average molecular weight is 183 g/mol. The van der Waals surface area contributed by atoms with Crippen LogP contribution in [0.3, 0.4) is 0 Å². The maximum Gasteiger partial charge on any atom is 0.129 e. The highest BCUT2D eigenvalue weighted by molar-refractivity contribution is 5.11. The van der Waals surface area contributed by atoms with Gasteiger partial charge >= 0.3 is 0 Å². The number of hydrogen-bond donors (Lipinski definition) is 1. The van der Waals surface area contributed by atoms with Crippen molar-refractivity contribution in [2.75, 3.05) is 7.05 Å². The molecule has 0 aliphatic rings. The van der Waals surface area contributed by atoms with Gasteiger partial charge in [0.15, 0.2) is 0 Å². The minimum atomic E-state index is 0.248. The Kier molecular flexibility index (Phi) is 3.99. The molecule has 1 aromatic heterocycles. The maximum absolute atomic E-state index is 5.41. The van der Waals surface area contributed by atoms with Crippen LogP contribution in [0.2, 0.25) is 0 Å². The van der Waals surface area contributed by atoms with E-state index in [1.54, 1.807) is 6.26 Å². The number of furan rings is 1. The van der Waals surface area contributed by atoms with E-state index in [0.29, 0.717) is 6.61 Å². The maximum atomic E-state index is 5.41. The Morgan fingerprint density at radius 2 is 2.31 bits per heavy atom. The first-order chi connectivity index (χ1) is 6.22. The predicted molar refractivity (Wildman–Crippen MR) is 51.4 cm³/mol. The van der Waals surface area contributed by atoms with Crippen molar-refractivity contribution in [3.05, 3.63) is 23.7 Å². The van der Waals surface area contributed by atoms with Crippen LogP contribution < -0.4 is 5.32 Å². The summed E-state index contributed by atoms with van der Waals surface area (Å²) in [4.78, 5) is 0. The van der Waals surface area contributed by atoms with Gasteiger partial charge in [0.2, 0.25) is 0 Å². The molecule has 1 aromatic rings. The standard InChI is InChI=1S/C10H17NO2/c1-8(2)12-7-10-4-9(5-11-3)6-13-10/h4,6,8,11H,5,7H2,1-3H3. The van der Waals surface area contributed by atoms with Crippen molar-refractivity contribution in [2.24, 2.45) is 0 Å². The summed E-state index contributed by atoms with van der Waals surface area (Å²) in [6.07, 6.45) is 2.01. The van der Waals surface area contributed by atoms with Crippen LogP contribution in [0, 0.1) is 0 Å². The van der Waals surface area contributed by atoms with Gasteiger partial charge in [0, 0.05) is 12.1 Å². The highest BCUT2D eigenvalue weighted by atomic mass is 16.5. The Morgan fingerprint density at radius 1 is 1.54 bits per heavy atom. The van der Waals surface area contributed by atoms with E-state index in [1.807, 2.05) is 27.0 Å². The second kappa shape index (κ2) is 5.04. The van der Waals surface area contributed by atoms with E-state index >= 15 is 0 Å². The summed E-state index contributed by atoms with van der Waals surface area (Å²) in [6, 6.07) is 2.01. The summed E-state index contributed by atoms with van der Waals surface area (Å²) in [7, 11) is 1.91. The summed E-state index contributed by atoms with van der Waals surface area (Å²) in [6.45, 7) is 5.42. The Bertz CT molecular complexity index is 243. The molecule has 1 heterocycles. The zero-order valence-electron chi connectivity index (χ0n) is 8.46. The second-order valence-corrected chi connectivity index (χ2v) is 3.31. The van der Waals surface area contributed by atoms with Crippen molar-refractivity contribution in [3.8, 4) is 0 Å². The van der Waals surface area contributed by atoms with Gasteiger partial charge in [-0.2, -0.15) is 0 Å². The second-order valence-electron chi connectivity index (χ2n) is 3.31. The fourth-order valence-electron chi connectivity index (χ4n) is 1.05. The highest BCUT2D eigenvalue weighted by Gasteiger charge is 2.02. The lowest BCUT2D eigenvalue weighted by Crippen LogP contribution is -2.03. The number of ether oxygens (including phenoxy) is 1. The monoisotopic (exact) mass is 183 g/mol. The molecule has 0 bridgehead atoms. The van der Waals surface area contributed by atoms with Gasteiger partial charge in [0.25, 0.3) is 0 Å². The smallest absolute Gasteiger partial charge is 0.129 e. The first-order valence-corrected chi connectivity index (χ1v) is 4.55. The van der Waals surface area contributed by atoms with Gasteiger partial charge in [-0.3, -0.25) is 0 Å². The van der Waals surface area contributed by atoms with Crippen LogP contribution in [-0.4, -0.2) is 13.2 Å². The van der Waals surface area contributed by atoms with E-state index < -0.39 is 0 Å². The number of rotatable bonds is 5. The molecule has 0 saturated carbocycles. The zero-order valence-corrected chi connectivity index (χ0v) is 8.46. The molecular weight excluding hydrogens is 166 g/mol. The molecular formula is C10H17NO2. The molecule has 0 unspecified atom stereocenters. The zero-order chi connectivity index (χ0) is 9.68. The fourth-order valence-corrected chi connectivity index (χ4v) is 1.05. The molecule has 0 aliphatic carbocycles. The molecule has 3 heteroatoms. The summed E-state index contributed by atoms with van der Waals surface area (Å²) in [5.41, 5.74) is 1.16. The van der Waals surface area contributed by atoms with E-state index in [9.17, 15) is 0 Å². The Balaban J connectivity index is 2.39. The van der Waals surface area contributed by atoms with Gasteiger partial charge in [-0.05, 0) is 27.0 Å². The van der Waals surface area contributed by atoms with Gasteiger partial charge in [-0.1, -0.05) is 0 Å². The molecule has 13 heavy (non-hydrogen) atoms. The van der Waals surface area contributed by atoms with Crippen LogP contribution in [0.15, 0.2) is 16.7 Å². The lowest BCUT2D eigenvalue weighted by molar-refractivity contribution is 0.0545.